The number of rotatable bonds is 2. The van der Waals surface area contributed by atoms with E-state index in [1.54, 1.807) is 0 Å². The number of hydrogen-bond acceptors (Lipinski definition) is 2. The molecule has 126 valence electrons. The zero-order valence-corrected chi connectivity index (χ0v) is 15.8. The number of aliphatic hydroxyl groups is 1. The Labute approximate surface area is 138 Å². The first kappa shape index (κ1) is 18.1. The van der Waals surface area contributed by atoms with Crippen LogP contribution in [-0.2, 0) is 4.79 Å². The fourth-order valence-corrected chi connectivity index (χ4v) is 6.12. The Hall–Kier alpha value is -0.200. The summed E-state index contributed by atoms with van der Waals surface area (Å²) in [5.74, 6) is 1.52. The molecule has 0 saturated heterocycles. The highest BCUT2D eigenvalue weighted by molar-refractivity contribution is 7.21. The Morgan fingerprint density at radius 3 is 2.59 bits per heavy atom. The first-order chi connectivity index (χ1) is 10.2. The van der Waals surface area contributed by atoms with Gasteiger partial charge < -0.3 is 5.11 Å². The standard InChI is InChI=1S/C19H33O2P/c1-6-13-10-11-18(4,5)17-14(12(3)16(13)21)8-9-15(20)19(17,22)7-2/h6,12-14,16-17,21H,1,7-11,22H2,2-5H3/t12-,13?,14?,16?,17?,19?/m1/s1. The number of Topliss-reactive ketones (excluding diaryl/α,β-unsaturated/α-hetero) is 1. The van der Waals surface area contributed by atoms with E-state index in [2.05, 4.69) is 43.5 Å². The lowest BCUT2D eigenvalue weighted by Crippen LogP contribution is -2.57. The molecule has 2 rings (SSSR count). The van der Waals surface area contributed by atoms with Gasteiger partial charge in [-0.05, 0) is 48.9 Å². The molecule has 3 heteroatoms. The van der Waals surface area contributed by atoms with Gasteiger partial charge in [0.1, 0.15) is 5.78 Å². The van der Waals surface area contributed by atoms with Gasteiger partial charge in [-0.3, -0.25) is 4.79 Å². The number of carbonyl (C=O) groups excluding carboxylic acids is 1. The van der Waals surface area contributed by atoms with Crippen molar-refractivity contribution in [1.82, 2.24) is 0 Å². The molecule has 0 heterocycles. The second-order valence-electron chi connectivity index (χ2n) is 8.27. The fourth-order valence-electron chi connectivity index (χ4n) is 5.28. The van der Waals surface area contributed by atoms with E-state index in [-0.39, 0.29) is 28.5 Å². The van der Waals surface area contributed by atoms with Gasteiger partial charge in [0.25, 0.3) is 0 Å². The van der Waals surface area contributed by atoms with E-state index in [9.17, 15) is 9.90 Å². The third kappa shape index (κ3) is 2.82. The van der Waals surface area contributed by atoms with Crippen LogP contribution in [-0.4, -0.2) is 22.1 Å². The van der Waals surface area contributed by atoms with Crippen LogP contribution in [0.4, 0.5) is 0 Å². The lowest BCUT2D eigenvalue weighted by atomic mass is 9.52. The van der Waals surface area contributed by atoms with Crippen molar-refractivity contribution in [2.24, 2.45) is 29.1 Å². The molecule has 2 aliphatic rings. The first-order valence-electron chi connectivity index (χ1n) is 8.81. The highest BCUT2D eigenvalue weighted by Gasteiger charge is 2.55. The van der Waals surface area contributed by atoms with Crippen LogP contribution in [0.25, 0.3) is 0 Å². The molecule has 1 N–H and O–H groups in total. The minimum Gasteiger partial charge on any atom is -0.392 e. The molecule has 2 saturated carbocycles. The van der Waals surface area contributed by atoms with E-state index >= 15 is 0 Å². The maximum Gasteiger partial charge on any atom is 0.143 e. The quantitative estimate of drug-likeness (QED) is 0.610. The average Bonchev–Trinajstić information content (AvgIpc) is 2.48. The molecule has 2 nitrogen and oxygen atoms in total. The predicted molar refractivity (Wildman–Crippen MR) is 95.8 cm³/mol. The monoisotopic (exact) mass is 324 g/mol. The Balaban J connectivity index is 2.48. The molecule has 22 heavy (non-hydrogen) atoms. The van der Waals surface area contributed by atoms with Crippen LogP contribution < -0.4 is 0 Å². The summed E-state index contributed by atoms with van der Waals surface area (Å²) in [4.78, 5) is 12.7. The smallest absolute Gasteiger partial charge is 0.143 e. The summed E-state index contributed by atoms with van der Waals surface area (Å²) in [6.07, 6.45) is 6.05. The molecule has 0 amide bonds. The Morgan fingerprint density at radius 1 is 1.41 bits per heavy atom. The number of ketones is 1. The maximum atomic E-state index is 12.7. The van der Waals surface area contributed by atoms with E-state index in [0.29, 0.717) is 24.0 Å². The third-order valence-corrected chi connectivity index (χ3v) is 7.80. The fraction of sp³-hybridized carbons (Fsp3) is 0.842. The summed E-state index contributed by atoms with van der Waals surface area (Å²) < 4.78 is 0. The molecule has 0 aromatic carbocycles. The number of carbonyl (C=O) groups is 1. The molecule has 6 unspecified atom stereocenters. The molecule has 2 fully saturated rings. The molecule has 0 radical (unpaired) electrons. The van der Waals surface area contributed by atoms with Gasteiger partial charge in [0, 0.05) is 17.5 Å². The zero-order valence-electron chi connectivity index (χ0n) is 14.6. The largest absolute Gasteiger partial charge is 0.392 e. The number of hydrogen-bond donors (Lipinski definition) is 1. The molecule has 7 atom stereocenters. The van der Waals surface area contributed by atoms with Crippen molar-refractivity contribution in [3.8, 4) is 0 Å². The average molecular weight is 324 g/mol. The topological polar surface area (TPSA) is 37.3 Å². The van der Waals surface area contributed by atoms with Gasteiger partial charge in [-0.2, -0.15) is 0 Å². The first-order valence-corrected chi connectivity index (χ1v) is 9.39. The highest BCUT2D eigenvalue weighted by Crippen LogP contribution is 2.57. The highest BCUT2D eigenvalue weighted by atomic mass is 31.0. The van der Waals surface area contributed by atoms with Crippen LogP contribution in [0.15, 0.2) is 12.7 Å². The van der Waals surface area contributed by atoms with Crippen LogP contribution in [0.2, 0.25) is 0 Å². The van der Waals surface area contributed by atoms with Gasteiger partial charge in [0.15, 0.2) is 0 Å². The van der Waals surface area contributed by atoms with E-state index in [4.69, 9.17) is 0 Å². The number of aliphatic hydroxyl groups excluding tert-OH is 1. The molecular formula is C19H33O2P. The van der Waals surface area contributed by atoms with Gasteiger partial charge >= 0.3 is 0 Å². The summed E-state index contributed by atoms with van der Waals surface area (Å²) in [5.41, 5.74) is 0.105. The Kier molecular flexibility index (Phi) is 5.25. The van der Waals surface area contributed by atoms with Crippen molar-refractivity contribution >= 4 is 15.0 Å². The van der Waals surface area contributed by atoms with Crippen molar-refractivity contribution in [3.63, 3.8) is 0 Å². The molecule has 0 aromatic rings. The normalized spacial score (nSPS) is 45.5. The van der Waals surface area contributed by atoms with Gasteiger partial charge in [-0.1, -0.05) is 33.8 Å². The van der Waals surface area contributed by atoms with Crippen molar-refractivity contribution in [2.75, 3.05) is 0 Å². The lowest BCUT2D eigenvalue weighted by Gasteiger charge is -2.56. The van der Waals surface area contributed by atoms with Gasteiger partial charge in [0.05, 0.1) is 6.10 Å². The van der Waals surface area contributed by atoms with E-state index < -0.39 is 0 Å². The maximum absolute atomic E-state index is 12.7. The zero-order chi connectivity index (χ0) is 16.7. The minimum atomic E-state index is -0.333. The third-order valence-electron chi connectivity index (χ3n) is 6.71. The molecule has 0 aliphatic heterocycles. The molecule has 0 bridgehead atoms. The van der Waals surface area contributed by atoms with Crippen LogP contribution in [0.5, 0.6) is 0 Å². The minimum absolute atomic E-state index is 0.105. The van der Waals surface area contributed by atoms with Crippen LogP contribution in [0.1, 0.15) is 59.8 Å². The summed E-state index contributed by atoms with van der Waals surface area (Å²) in [6.45, 7) is 12.9. The Bertz CT molecular complexity index is 445. The van der Waals surface area contributed by atoms with Crippen molar-refractivity contribution < 1.29 is 9.90 Å². The summed E-state index contributed by atoms with van der Waals surface area (Å²) in [6, 6.07) is 0. The van der Waals surface area contributed by atoms with Crippen LogP contribution in [0.3, 0.4) is 0 Å². The molecular weight excluding hydrogens is 291 g/mol. The van der Waals surface area contributed by atoms with Crippen molar-refractivity contribution in [2.45, 2.75) is 71.1 Å². The number of fused-ring (bicyclic) bond motifs is 1. The summed E-state index contributed by atoms with van der Waals surface area (Å²) in [7, 11) is 2.93. The summed E-state index contributed by atoms with van der Waals surface area (Å²) >= 11 is 0. The lowest BCUT2D eigenvalue weighted by molar-refractivity contribution is -0.134. The van der Waals surface area contributed by atoms with Crippen molar-refractivity contribution in [1.29, 1.82) is 0 Å². The second-order valence-corrected chi connectivity index (χ2v) is 9.30. The molecule has 0 spiro atoms. The van der Waals surface area contributed by atoms with Gasteiger partial charge in [-0.15, -0.1) is 15.8 Å². The molecule has 0 aromatic heterocycles. The van der Waals surface area contributed by atoms with Gasteiger partial charge in [0.2, 0.25) is 0 Å². The van der Waals surface area contributed by atoms with Crippen LogP contribution in [0, 0.1) is 29.1 Å². The predicted octanol–water partition coefficient (Wildman–Crippen LogP) is 4.22. The van der Waals surface area contributed by atoms with Crippen molar-refractivity contribution in [3.05, 3.63) is 12.7 Å². The van der Waals surface area contributed by atoms with E-state index in [1.165, 1.54) is 0 Å². The summed E-state index contributed by atoms with van der Waals surface area (Å²) in [5, 5.41) is 10.5. The van der Waals surface area contributed by atoms with E-state index in [1.807, 2.05) is 6.08 Å². The second kappa shape index (κ2) is 6.36. The van der Waals surface area contributed by atoms with E-state index in [0.717, 1.165) is 25.7 Å². The van der Waals surface area contributed by atoms with Gasteiger partial charge in [-0.25, -0.2) is 0 Å². The van der Waals surface area contributed by atoms with Crippen LogP contribution >= 0.6 is 9.24 Å². The molecule has 2 aliphatic carbocycles. The SMILES string of the molecule is C=CC1CCC(C)(C)C2C(CCC(=O)C2(P)CC)[C@@H](C)C1O. The Morgan fingerprint density at radius 2 is 2.05 bits per heavy atom.